The third kappa shape index (κ3) is 2.48. The third-order valence-electron chi connectivity index (χ3n) is 2.90. The van der Waals surface area contributed by atoms with Crippen LogP contribution in [0.4, 0.5) is 0 Å². The van der Waals surface area contributed by atoms with E-state index in [1.165, 1.54) is 0 Å². The van der Waals surface area contributed by atoms with Crippen LogP contribution in [0.5, 0.6) is 0 Å². The summed E-state index contributed by atoms with van der Waals surface area (Å²) >= 11 is 1.56. The fourth-order valence-corrected chi connectivity index (χ4v) is 3.08. The summed E-state index contributed by atoms with van der Waals surface area (Å²) in [5, 5.41) is 2.91. The van der Waals surface area contributed by atoms with E-state index in [2.05, 4.69) is 4.98 Å². The number of carbonyl (C=O) groups excluding carboxylic acids is 1. The van der Waals surface area contributed by atoms with E-state index >= 15 is 0 Å². The molecule has 0 saturated carbocycles. The number of aryl methyl sites for hydroxylation is 1. The van der Waals surface area contributed by atoms with Crippen LogP contribution < -0.4 is 5.73 Å². The number of hydrogen-bond donors (Lipinski definition) is 1. The molecule has 17 heavy (non-hydrogen) atoms. The van der Waals surface area contributed by atoms with E-state index in [9.17, 15) is 4.79 Å². The first-order valence-corrected chi connectivity index (χ1v) is 6.47. The fraction of sp³-hybridized carbons (Fsp3) is 0.636. The number of likely N-dealkylation sites (tertiary alicyclic amines) is 1. The van der Waals surface area contributed by atoms with Gasteiger partial charge in [-0.05, 0) is 6.92 Å². The number of amides is 1. The SMILES string of the molecule is COCCN1C(=O)CC(N)C1c1nc(C)cs1. The van der Waals surface area contributed by atoms with Crippen molar-refractivity contribution in [3.8, 4) is 0 Å². The minimum Gasteiger partial charge on any atom is -0.383 e. The van der Waals surface area contributed by atoms with Crippen LogP contribution >= 0.6 is 11.3 Å². The normalized spacial score (nSPS) is 24.6. The standard InChI is InChI=1S/C11H17N3O2S/c1-7-6-17-11(13-7)10-8(12)5-9(15)14(10)3-4-16-2/h6,8,10H,3-5,12H2,1-2H3. The van der Waals surface area contributed by atoms with Crippen LogP contribution in [0, 0.1) is 6.92 Å². The summed E-state index contributed by atoms with van der Waals surface area (Å²) < 4.78 is 5.03. The van der Waals surface area contributed by atoms with E-state index < -0.39 is 0 Å². The maximum absolute atomic E-state index is 11.8. The van der Waals surface area contributed by atoms with Gasteiger partial charge in [-0.1, -0.05) is 0 Å². The van der Waals surface area contributed by atoms with Crippen molar-refractivity contribution in [3.05, 3.63) is 16.1 Å². The van der Waals surface area contributed by atoms with Gasteiger partial charge in [-0.3, -0.25) is 4.79 Å². The minimum atomic E-state index is -0.162. The van der Waals surface area contributed by atoms with Gasteiger partial charge in [0.1, 0.15) is 5.01 Å². The summed E-state index contributed by atoms with van der Waals surface area (Å²) in [6.07, 6.45) is 0.396. The smallest absolute Gasteiger partial charge is 0.224 e. The predicted octanol–water partition coefficient (Wildman–Crippen LogP) is 0.699. The van der Waals surface area contributed by atoms with E-state index in [0.29, 0.717) is 19.6 Å². The second-order valence-electron chi connectivity index (χ2n) is 4.22. The van der Waals surface area contributed by atoms with Crippen LogP contribution in [0.15, 0.2) is 5.38 Å². The zero-order chi connectivity index (χ0) is 12.4. The van der Waals surface area contributed by atoms with Gasteiger partial charge in [0.25, 0.3) is 0 Å². The Morgan fingerprint density at radius 3 is 3.06 bits per heavy atom. The molecule has 2 heterocycles. The van der Waals surface area contributed by atoms with Crippen LogP contribution in [0.2, 0.25) is 0 Å². The number of methoxy groups -OCH3 is 1. The molecular formula is C11H17N3O2S. The molecule has 1 aliphatic heterocycles. The largest absolute Gasteiger partial charge is 0.383 e. The second kappa shape index (κ2) is 5.12. The fourth-order valence-electron chi connectivity index (χ4n) is 2.09. The topological polar surface area (TPSA) is 68.5 Å². The number of thiazole rings is 1. The highest BCUT2D eigenvalue weighted by Gasteiger charge is 2.39. The molecule has 1 amide bonds. The molecule has 6 heteroatoms. The molecule has 2 atom stereocenters. The molecule has 1 saturated heterocycles. The molecule has 94 valence electrons. The molecule has 1 aromatic heterocycles. The molecular weight excluding hydrogens is 238 g/mol. The lowest BCUT2D eigenvalue weighted by Gasteiger charge is -2.24. The molecule has 5 nitrogen and oxygen atoms in total. The van der Waals surface area contributed by atoms with Crippen molar-refractivity contribution in [3.63, 3.8) is 0 Å². The number of aromatic nitrogens is 1. The zero-order valence-corrected chi connectivity index (χ0v) is 10.9. The first kappa shape index (κ1) is 12.5. The van der Waals surface area contributed by atoms with Gasteiger partial charge in [-0.15, -0.1) is 11.3 Å². The number of hydrogen-bond acceptors (Lipinski definition) is 5. The van der Waals surface area contributed by atoms with Crippen molar-refractivity contribution in [2.45, 2.75) is 25.4 Å². The highest BCUT2D eigenvalue weighted by Crippen LogP contribution is 2.33. The van der Waals surface area contributed by atoms with Gasteiger partial charge in [0.2, 0.25) is 5.91 Å². The first-order valence-electron chi connectivity index (χ1n) is 5.59. The van der Waals surface area contributed by atoms with Crippen LogP contribution in [-0.4, -0.2) is 42.1 Å². The third-order valence-corrected chi connectivity index (χ3v) is 3.93. The maximum atomic E-state index is 11.8. The molecule has 1 aliphatic rings. The van der Waals surface area contributed by atoms with Gasteiger partial charge in [0, 0.05) is 37.2 Å². The summed E-state index contributed by atoms with van der Waals surface area (Å²) in [6, 6.07) is -0.249. The van der Waals surface area contributed by atoms with E-state index in [1.807, 2.05) is 12.3 Å². The molecule has 0 aromatic carbocycles. The Kier molecular flexibility index (Phi) is 3.76. The second-order valence-corrected chi connectivity index (χ2v) is 5.11. The van der Waals surface area contributed by atoms with Crippen LogP contribution in [0.1, 0.15) is 23.2 Å². The Balaban J connectivity index is 2.19. The van der Waals surface area contributed by atoms with Gasteiger partial charge in [-0.25, -0.2) is 4.98 Å². The van der Waals surface area contributed by atoms with Crippen molar-refractivity contribution in [2.75, 3.05) is 20.3 Å². The zero-order valence-electron chi connectivity index (χ0n) is 10.0. The summed E-state index contributed by atoms with van der Waals surface area (Å²) in [4.78, 5) is 18.1. The number of carbonyl (C=O) groups is 1. The van der Waals surface area contributed by atoms with Gasteiger partial charge in [-0.2, -0.15) is 0 Å². The van der Waals surface area contributed by atoms with Crippen LogP contribution in [-0.2, 0) is 9.53 Å². The van der Waals surface area contributed by atoms with Crippen molar-refractivity contribution in [2.24, 2.45) is 5.73 Å². The van der Waals surface area contributed by atoms with Crippen molar-refractivity contribution in [1.29, 1.82) is 0 Å². The highest BCUT2D eigenvalue weighted by molar-refractivity contribution is 7.09. The number of rotatable bonds is 4. The number of nitrogens with zero attached hydrogens (tertiary/aromatic N) is 2. The average Bonchev–Trinajstić information content (AvgIpc) is 2.80. The Hall–Kier alpha value is -0.980. The summed E-state index contributed by atoms with van der Waals surface area (Å²) in [7, 11) is 1.63. The van der Waals surface area contributed by atoms with E-state index in [0.717, 1.165) is 10.7 Å². The molecule has 0 bridgehead atoms. The van der Waals surface area contributed by atoms with E-state index in [-0.39, 0.29) is 18.0 Å². The highest BCUT2D eigenvalue weighted by atomic mass is 32.1. The molecule has 1 fully saturated rings. The van der Waals surface area contributed by atoms with Crippen LogP contribution in [0.25, 0.3) is 0 Å². The van der Waals surface area contributed by atoms with E-state index in [1.54, 1.807) is 23.3 Å². The average molecular weight is 255 g/mol. The first-order chi connectivity index (χ1) is 8.13. The van der Waals surface area contributed by atoms with Crippen molar-refractivity contribution < 1.29 is 9.53 Å². The maximum Gasteiger partial charge on any atom is 0.224 e. The summed E-state index contributed by atoms with van der Waals surface area (Å²) in [5.74, 6) is 0.0902. The molecule has 0 spiro atoms. The quantitative estimate of drug-likeness (QED) is 0.860. The lowest BCUT2D eigenvalue weighted by atomic mass is 10.1. The lowest BCUT2D eigenvalue weighted by molar-refractivity contribution is -0.129. The Bertz CT molecular complexity index is 407. The summed E-state index contributed by atoms with van der Waals surface area (Å²) in [6.45, 7) is 3.05. The lowest BCUT2D eigenvalue weighted by Crippen LogP contribution is -2.35. The molecule has 2 unspecified atom stereocenters. The number of ether oxygens (including phenoxy) is 1. The van der Waals surface area contributed by atoms with Crippen molar-refractivity contribution in [1.82, 2.24) is 9.88 Å². The molecule has 1 aromatic rings. The number of nitrogens with two attached hydrogens (primary N) is 1. The van der Waals surface area contributed by atoms with Gasteiger partial charge >= 0.3 is 0 Å². The van der Waals surface area contributed by atoms with Crippen LogP contribution in [0.3, 0.4) is 0 Å². The molecule has 0 radical (unpaired) electrons. The van der Waals surface area contributed by atoms with Gasteiger partial charge in [0.15, 0.2) is 0 Å². The Morgan fingerprint density at radius 1 is 1.71 bits per heavy atom. The van der Waals surface area contributed by atoms with Gasteiger partial charge < -0.3 is 15.4 Å². The van der Waals surface area contributed by atoms with Gasteiger partial charge in [0.05, 0.1) is 12.6 Å². The Labute approximate surface area is 105 Å². The molecule has 0 aliphatic carbocycles. The van der Waals surface area contributed by atoms with Crippen molar-refractivity contribution >= 4 is 17.2 Å². The molecule has 2 rings (SSSR count). The summed E-state index contributed by atoms with van der Waals surface area (Å²) in [5.41, 5.74) is 7.01. The molecule has 2 N–H and O–H groups in total. The predicted molar refractivity (Wildman–Crippen MR) is 65.8 cm³/mol. The van der Waals surface area contributed by atoms with E-state index in [4.69, 9.17) is 10.5 Å². The Morgan fingerprint density at radius 2 is 2.47 bits per heavy atom. The monoisotopic (exact) mass is 255 g/mol. The minimum absolute atomic E-state index is 0.0867.